The van der Waals surface area contributed by atoms with Crippen LogP contribution >= 0.6 is 0 Å². The van der Waals surface area contributed by atoms with E-state index in [2.05, 4.69) is 20.9 Å². The van der Waals surface area contributed by atoms with Crippen LogP contribution in [0.25, 0.3) is 0 Å². The van der Waals surface area contributed by atoms with Gasteiger partial charge in [0.1, 0.15) is 18.0 Å². The first-order valence-corrected chi connectivity index (χ1v) is 5.96. The van der Waals surface area contributed by atoms with Crippen LogP contribution in [0.2, 0.25) is 0 Å². The molecule has 90 valence electrons. The summed E-state index contributed by atoms with van der Waals surface area (Å²) >= 11 is 0. The van der Waals surface area contributed by atoms with Crippen molar-refractivity contribution in [2.75, 3.05) is 36.5 Å². The van der Waals surface area contributed by atoms with E-state index in [1.807, 2.05) is 18.0 Å². The van der Waals surface area contributed by atoms with Gasteiger partial charge >= 0.3 is 0 Å². The highest BCUT2D eigenvalue weighted by Gasteiger charge is 2.14. The van der Waals surface area contributed by atoms with Gasteiger partial charge in [-0.05, 0) is 12.8 Å². The zero-order valence-corrected chi connectivity index (χ0v) is 10.1. The topological polar surface area (TPSA) is 56.1 Å². The van der Waals surface area contributed by atoms with Gasteiger partial charge in [-0.25, -0.2) is 9.97 Å². The molecule has 1 saturated heterocycles. The van der Waals surface area contributed by atoms with Gasteiger partial charge in [0, 0.05) is 32.7 Å². The molecule has 0 aliphatic carbocycles. The van der Waals surface area contributed by atoms with E-state index in [1.54, 1.807) is 6.33 Å². The predicted octanol–water partition coefficient (Wildman–Crippen LogP) is 1.43. The van der Waals surface area contributed by atoms with E-state index in [9.17, 15) is 0 Å². The van der Waals surface area contributed by atoms with Gasteiger partial charge in [0.05, 0.1) is 12.5 Å². The van der Waals surface area contributed by atoms with Crippen molar-refractivity contribution in [2.24, 2.45) is 0 Å². The Morgan fingerprint density at radius 2 is 2.18 bits per heavy atom. The van der Waals surface area contributed by atoms with Crippen LogP contribution in [0.4, 0.5) is 11.6 Å². The van der Waals surface area contributed by atoms with Gasteiger partial charge in [-0.15, -0.1) is 0 Å². The Kier molecular flexibility index (Phi) is 3.76. The molecule has 1 aliphatic heterocycles. The quantitative estimate of drug-likeness (QED) is 0.784. The van der Waals surface area contributed by atoms with E-state index >= 15 is 0 Å². The van der Waals surface area contributed by atoms with E-state index in [4.69, 9.17) is 5.26 Å². The van der Waals surface area contributed by atoms with Gasteiger partial charge in [-0.2, -0.15) is 5.26 Å². The van der Waals surface area contributed by atoms with Crippen molar-refractivity contribution in [3.8, 4) is 6.07 Å². The predicted molar refractivity (Wildman–Crippen MR) is 67.0 cm³/mol. The van der Waals surface area contributed by atoms with Crippen molar-refractivity contribution in [3.05, 3.63) is 12.4 Å². The van der Waals surface area contributed by atoms with Crippen molar-refractivity contribution in [3.63, 3.8) is 0 Å². The van der Waals surface area contributed by atoms with E-state index in [-0.39, 0.29) is 0 Å². The van der Waals surface area contributed by atoms with Gasteiger partial charge in [-0.1, -0.05) is 0 Å². The highest BCUT2D eigenvalue weighted by Crippen LogP contribution is 2.20. The lowest BCUT2D eigenvalue weighted by molar-refractivity contribution is 0.868. The molecule has 1 fully saturated rings. The number of aromatic nitrogens is 2. The van der Waals surface area contributed by atoms with Crippen LogP contribution in [0.3, 0.4) is 0 Å². The Labute approximate surface area is 102 Å². The van der Waals surface area contributed by atoms with Crippen molar-refractivity contribution >= 4 is 11.6 Å². The summed E-state index contributed by atoms with van der Waals surface area (Å²) < 4.78 is 0. The molecule has 2 heterocycles. The van der Waals surface area contributed by atoms with Crippen LogP contribution < -0.4 is 9.80 Å². The molecular weight excluding hydrogens is 214 g/mol. The second kappa shape index (κ2) is 5.48. The minimum Gasteiger partial charge on any atom is -0.358 e. The Bertz CT molecular complexity index is 406. The highest BCUT2D eigenvalue weighted by molar-refractivity contribution is 5.50. The minimum absolute atomic E-state index is 0.513. The molecule has 0 unspecified atom stereocenters. The number of hydrogen-bond donors (Lipinski definition) is 0. The molecule has 0 aromatic carbocycles. The smallest absolute Gasteiger partial charge is 0.134 e. The third-order valence-corrected chi connectivity index (χ3v) is 3.02. The van der Waals surface area contributed by atoms with Crippen molar-refractivity contribution in [1.82, 2.24) is 9.97 Å². The largest absolute Gasteiger partial charge is 0.358 e. The van der Waals surface area contributed by atoms with Crippen LogP contribution in [-0.2, 0) is 0 Å². The third-order valence-electron chi connectivity index (χ3n) is 3.02. The summed E-state index contributed by atoms with van der Waals surface area (Å²) in [5.41, 5.74) is 0. The lowest BCUT2D eigenvalue weighted by Crippen LogP contribution is -2.22. The van der Waals surface area contributed by atoms with Gasteiger partial charge in [0.2, 0.25) is 0 Å². The molecule has 0 saturated carbocycles. The fourth-order valence-corrected chi connectivity index (χ4v) is 2.00. The summed E-state index contributed by atoms with van der Waals surface area (Å²) in [4.78, 5) is 12.8. The van der Waals surface area contributed by atoms with Crippen molar-refractivity contribution in [2.45, 2.75) is 19.3 Å². The molecule has 17 heavy (non-hydrogen) atoms. The first-order valence-electron chi connectivity index (χ1n) is 5.96. The maximum absolute atomic E-state index is 8.57. The van der Waals surface area contributed by atoms with E-state index in [0.29, 0.717) is 13.0 Å². The SMILES string of the molecule is CN(CCC#N)c1cc(N2CCCC2)ncn1. The van der Waals surface area contributed by atoms with Crippen LogP contribution in [-0.4, -0.2) is 36.6 Å². The summed E-state index contributed by atoms with van der Waals surface area (Å²) in [7, 11) is 1.95. The summed E-state index contributed by atoms with van der Waals surface area (Å²) in [6.45, 7) is 2.86. The minimum atomic E-state index is 0.513. The highest BCUT2D eigenvalue weighted by atomic mass is 15.2. The van der Waals surface area contributed by atoms with Crippen LogP contribution in [0, 0.1) is 11.3 Å². The Morgan fingerprint density at radius 3 is 2.88 bits per heavy atom. The van der Waals surface area contributed by atoms with E-state index in [0.717, 1.165) is 24.7 Å². The summed E-state index contributed by atoms with van der Waals surface area (Å²) in [5, 5.41) is 8.57. The number of hydrogen-bond acceptors (Lipinski definition) is 5. The average molecular weight is 231 g/mol. The maximum Gasteiger partial charge on any atom is 0.134 e. The number of nitriles is 1. The molecule has 5 heteroatoms. The Morgan fingerprint density at radius 1 is 1.41 bits per heavy atom. The van der Waals surface area contributed by atoms with Gasteiger partial charge < -0.3 is 9.80 Å². The van der Waals surface area contributed by atoms with Gasteiger partial charge in [0.15, 0.2) is 0 Å². The van der Waals surface area contributed by atoms with Crippen LogP contribution in [0.5, 0.6) is 0 Å². The standard InChI is InChI=1S/C12H17N5/c1-16(6-4-5-13)11-9-12(15-10-14-11)17-7-2-3-8-17/h9-10H,2-4,6-8H2,1H3. The molecule has 0 bridgehead atoms. The van der Waals surface area contributed by atoms with E-state index in [1.165, 1.54) is 12.8 Å². The normalized spacial score (nSPS) is 14.7. The summed E-state index contributed by atoms with van der Waals surface area (Å²) in [6, 6.07) is 4.15. The second-order valence-electron chi connectivity index (χ2n) is 4.26. The third kappa shape index (κ3) is 2.84. The summed E-state index contributed by atoms with van der Waals surface area (Å²) in [5.74, 6) is 1.88. The molecular formula is C12H17N5. The first-order chi connectivity index (χ1) is 8.31. The molecule has 1 aromatic rings. The van der Waals surface area contributed by atoms with Gasteiger partial charge in [-0.3, -0.25) is 0 Å². The Hall–Kier alpha value is -1.83. The second-order valence-corrected chi connectivity index (χ2v) is 4.26. The first kappa shape index (κ1) is 11.6. The van der Waals surface area contributed by atoms with Crippen LogP contribution in [0.15, 0.2) is 12.4 Å². The monoisotopic (exact) mass is 231 g/mol. The zero-order chi connectivity index (χ0) is 12.1. The fourth-order valence-electron chi connectivity index (χ4n) is 2.00. The number of rotatable bonds is 4. The maximum atomic E-state index is 8.57. The molecule has 0 amide bonds. The molecule has 0 N–H and O–H groups in total. The molecule has 5 nitrogen and oxygen atoms in total. The molecule has 1 aromatic heterocycles. The number of anilines is 2. The molecule has 0 spiro atoms. The van der Waals surface area contributed by atoms with Crippen molar-refractivity contribution in [1.29, 1.82) is 5.26 Å². The lowest BCUT2D eigenvalue weighted by Gasteiger charge is -2.20. The van der Waals surface area contributed by atoms with Crippen LogP contribution in [0.1, 0.15) is 19.3 Å². The molecule has 1 aliphatic rings. The molecule has 0 radical (unpaired) electrons. The fraction of sp³-hybridized carbons (Fsp3) is 0.583. The Balaban J connectivity index is 2.08. The van der Waals surface area contributed by atoms with Crippen molar-refractivity contribution < 1.29 is 0 Å². The molecule has 2 rings (SSSR count). The average Bonchev–Trinajstić information content (AvgIpc) is 2.90. The summed E-state index contributed by atoms with van der Waals surface area (Å²) in [6.07, 6.45) is 4.60. The zero-order valence-electron chi connectivity index (χ0n) is 10.1. The van der Waals surface area contributed by atoms with Gasteiger partial charge in [0.25, 0.3) is 0 Å². The molecule has 0 atom stereocenters. The lowest BCUT2D eigenvalue weighted by atomic mass is 10.4. The number of nitrogens with zero attached hydrogens (tertiary/aromatic N) is 5. The van der Waals surface area contributed by atoms with E-state index < -0.39 is 0 Å².